The van der Waals surface area contributed by atoms with E-state index in [1.54, 1.807) is 0 Å². The van der Waals surface area contributed by atoms with Crippen LogP contribution in [0.2, 0.25) is 0 Å². The second-order valence-electron chi connectivity index (χ2n) is 2.84. The van der Waals surface area contributed by atoms with E-state index < -0.39 is 0 Å². The Hall–Kier alpha value is -1.40. The molecule has 1 heterocycles. The van der Waals surface area contributed by atoms with Crippen LogP contribution in [0.1, 0.15) is 5.56 Å². The van der Waals surface area contributed by atoms with Gasteiger partial charge >= 0.3 is 0 Å². The molecule has 1 aromatic rings. The van der Waals surface area contributed by atoms with Crippen LogP contribution in [0.4, 0.5) is 5.69 Å². The molecule has 0 saturated carbocycles. The summed E-state index contributed by atoms with van der Waals surface area (Å²) in [6.07, 6.45) is 0. The molecule has 0 aromatic heterocycles. The van der Waals surface area contributed by atoms with E-state index in [1.165, 1.54) is 0 Å². The Morgan fingerprint density at radius 3 is 2.92 bits per heavy atom. The number of para-hydroxylation sites is 1. The van der Waals surface area contributed by atoms with Crippen LogP contribution in [0, 0.1) is 18.3 Å². The molecule has 1 aliphatic heterocycles. The Labute approximate surface area is 79.5 Å². The van der Waals surface area contributed by atoms with Crippen LogP contribution >= 0.6 is 10.5 Å². The van der Waals surface area contributed by atoms with Gasteiger partial charge in [0.05, 0.1) is 5.69 Å². The van der Waals surface area contributed by atoms with Gasteiger partial charge in [-0.15, -0.1) is 0 Å². The maximum Gasteiger partial charge on any atom is 0.173 e. The normalized spacial score (nSPS) is 19.1. The van der Waals surface area contributed by atoms with Crippen LogP contribution in [0.5, 0.6) is 0 Å². The van der Waals surface area contributed by atoms with Gasteiger partial charge in [0.25, 0.3) is 0 Å². The molecule has 64 valence electrons. The zero-order valence-electron chi connectivity index (χ0n) is 7.24. The number of hydrogen-bond acceptors (Lipinski definition) is 2. The van der Waals surface area contributed by atoms with Gasteiger partial charge in [-0.3, -0.25) is 0 Å². The van der Waals surface area contributed by atoms with Crippen LogP contribution in [-0.4, -0.2) is 10.9 Å². The van der Waals surface area contributed by atoms with E-state index in [0.29, 0.717) is 5.04 Å². The van der Waals surface area contributed by atoms with Crippen LogP contribution in [0.25, 0.3) is 0 Å². The van der Waals surface area contributed by atoms with Gasteiger partial charge in [-0.25, -0.2) is 4.99 Å². The fourth-order valence-electron chi connectivity index (χ4n) is 1.32. The molecule has 1 aliphatic rings. The van der Waals surface area contributed by atoms with E-state index in [9.17, 15) is 0 Å². The summed E-state index contributed by atoms with van der Waals surface area (Å²) >= 11 is 0. The molecule has 0 fully saturated rings. The largest absolute Gasteiger partial charge is 0.229 e. The second-order valence-corrected chi connectivity index (χ2v) is 4.45. The van der Waals surface area contributed by atoms with Crippen molar-refractivity contribution in [3.05, 3.63) is 23.8 Å². The first kappa shape index (κ1) is 8.21. The van der Waals surface area contributed by atoms with Gasteiger partial charge in [-0.1, -0.05) is 28.5 Å². The minimum absolute atomic E-state index is 0.357. The van der Waals surface area contributed by atoms with Crippen molar-refractivity contribution in [3.8, 4) is 6.07 Å². The van der Waals surface area contributed by atoms with E-state index >= 15 is 0 Å². The lowest BCUT2D eigenvalue weighted by Gasteiger charge is -2.00. The topological polar surface area (TPSA) is 36.1 Å². The first-order valence-electron chi connectivity index (χ1n) is 3.86. The molecule has 13 heavy (non-hydrogen) atoms. The van der Waals surface area contributed by atoms with Crippen LogP contribution in [0.15, 0.2) is 28.1 Å². The highest BCUT2D eigenvalue weighted by Gasteiger charge is 2.18. The number of aliphatic imine (C=N–C) groups is 1. The molecule has 0 amide bonds. The Kier molecular flexibility index (Phi) is 1.78. The lowest BCUT2D eigenvalue weighted by molar-refractivity contribution is 1.32. The third kappa shape index (κ3) is 1.11. The lowest BCUT2D eigenvalue weighted by Crippen LogP contribution is -1.81. The molecule has 0 bridgehead atoms. The summed E-state index contributed by atoms with van der Waals surface area (Å²) in [4.78, 5) is 5.35. The van der Waals surface area contributed by atoms with Crippen molar-refractivity contribution in [2.45, 2.75) is 11.8 Å². The van der Waals surface area contributed by atoms with Gasteiger partial charge < -0.3 is 0 Å². The number of nitrogens with zero attached hydrogens (tertiary/aromatic N) is 2. The Balaban J connectivity index is 2.70. The number of nitriles is 1. The Morgan fingerprint density at radius 2 is 2.31 bits per heavy atom. The summed E-state index contributed by atoms with van der Waals surface area (Å²) in [5.41, 5.74) is 2.06. The quantitative estimate of drug-likeness (QED) is 0.576. The molecule has 0 saturated heterocycles. The van der Waals surface area contributed by atoms with E-state index in [-0.39, 0.29) is 10.5 Å². The molecular formula is C10H8N2S. The predicted molar refractivity (Wildman–Crippen MR) is 56.9 cm³/mol. The highest BCUT2D eigenvalue weighted by Crippen LogP contribution is 2.43. The van der Waals surface area contributed by atoms with Crippen LogP contribution < -0.4 is 0 Å². The molecule has 3 heteroatoms. The summed E-state index contributed by atoms with van der Waals surface area (Å²) in [7, 11) is -0.357. The Morgan fingerprint density at radius 1 is 1.54 bits per heavy atom. The monoisotopic (exact) mass is 188 g/mol. The van der Waals surface area contributed by atoms with E-state index in [0.717, 1.165) is 16.1 Å². The SMILES string of the molecule is C=S1C(C#N)=Nc2c(C)cccc21. The molecule has 2 rings (SSSR count). The fourth-order valence-corrected chi connectivity index (χ4v) is 2.52. The molecule has 0 aliphatic carbocycles. The van der Waals surface area contributed by atoms with Crippen LogP contribution in [-0.2, 0) is 0 Å². The molecular weight excluding hydrogens is 180 g/mol. The van der Waals surface area contributed by atoms with Crippen LogP contribution in [0.3, 0.4) is 0 Å². The molecule has 1 atom stereocenters. The minimum atomic E-state index is -0.357. The zero-order valence-corrected chi connectivity index (χ0v) is 8.06. The summed E-state index contributed by atoms with van der Waals surface area (Å²) in [5, 5.41) is 9.33. The first-order valence-corrected chi connectivity index (χ1v) is 5.26. The van der Waals surface area contributed by atoms with Gasteiger partial charge in [-0.05, 0) is 18.6 Å². The minimum Gasteiger partial charge on any atom is -0.229 e. The summed E-state index contributed by atoms with van der Waals surface area (Å²) in [5.74, 6) is 3.95. The van der Waals surface area contributed by atoms with Crippen molar-refractivity contribution in [1.29, 1.82) is 5.26 Å². The van der Waals surface area contributed by atoms with Gasteiger partial charge in [0, 0.05) is 4.90 Å². The number of fused-ring (bicyclic) bond motifs is 1. The highest BCUT2D eigenvalue weighted by atomic mass is 32.2. The number of rotatable bonds is 0. The van der Waals surface area contributed by atoms with Crippen molar-refractivity contribution in [2.24, 2.45) is 4.99 Å². The van der Waals surface area contributed by atoms with Gasteiger partial charge in [0.1, 0.15) is 6.07 Å². The molecule has 1 unspecified atom stereocenters. The average molecular weight is 188 g/mol. The zero-order chi connectivity index (χ0) is 9.42. The second kappa shape index (κ2) is 2.82. The third-order valence-corrected chi connectivity index (χ3v) is 3.52. The van der Waals surface area contributed by atoms with E-state index in [1.807, 2.05) is 25.1 Å². The van der Waals surface area contributed by atoms with Gasteiger partial charge in [0.15, 0.2) is 5.04 Å². The van der Waals surface area contributed by atoms with Crippen molar-refractivity contribution in [1.82, 2.24) is 0 Å². The number of benzene rings is 1. The third-order valence-electron chi connectivity index (χ3n) is 2.01. The average Bonchev–Trinajstić information content (AvgIpc) is 2.45. The lowest BCUT2D eigenvalue weighted by atomic mass is 10.2. The van der Waals surface area contributed by atoms with Crippen molar-refractivity contribution >= 4 is 27.1 Å². The maximum absolute atomic E-state index is 8.79. The smallest absolute Gasteiger partial charge is 0.173 e. The van der Waals surface area contributed by atoms with Gasteiger partial charge in [-0.2, -0.15) is 5.26 Å². The number of aryl methyl sites for hydroxylation is 1. The molecule has 0 spiro atoms. The van der Waals surface area contributed by atoms with E-state index in [4.69, 9.17) is 5.26 Å². The summed E-state index contributed by atoms with van der Waals surface area (Å²) in [6.45, 7) is 2.00. The standard InChI is InChI=1S/C10H8N2S/c1-7-4-3-5-8-10(7)12-9(6-11)13(8)2/h3-5H,2H2,1H3. The summed E-state index contributed by atoms with van der Waals surface area (Å²) in [6, 6.07) is 8.06. The molecule has 0 N–H and O–H groups in total. The van der Waals surface area contributed by atoms with E-state index in [2.05, 4.69) is 16.9 Å². The molecule has 1 aromatic carbocycles. The molecule has 0 radical (unpaired) electrons. The fraction of sp³-hybridized carbons (Fsp3) is 0.100. The first-order chi connectivity index (χ1) is 6.24. The van der Waals surface area contributed by atoms with Gasteiger partial charge in [0.2, 0.25) is 0 Å². The molecule has 2 nitrogen and oxygen atoms in total. The van der Waals surface area contributed by atoms with Crippen molar-refractivity contribution < 1.29 is 0 Å². The number of hydrogen-bond donors (Lipinski definition) is 0. The Bertz CT molecular complexity index is 466. The predicted octanol–water partition coefficient (Wildman–Crippen LogP) is 2.62. The van der Waals surface area contributed by atoms with Crippen molar-refractivity contribution in [3.63, 3.8) is 0 Å². The highest BCUT2D eigenvalue weighted by molar-refractivity contribution is 8.28. The maximum atomic E-state index is 8.79. The summed E-state index contributed by atoms with van der Waals surface area (Å²) < 4.78 is 0. The van der Waals surface area contributed by atoms with Crippen molar-refractivity contribution in [2.75, 3.05) is 0 Å².